The molecule has 3 aromatic rings. The Morgan fingerprint density at radius 3 is 2.67 bits per heavy atom. The van der Waals surface area contributed by atoms with Gasteiger partial charge in [-0.2, -0.15) is 0 Å². The maximum Gasteiger partial charge on any atom is 0.161 e. The van der Waals surface area contributed by atoms with E-state index in [1.807, 2.05) is 0 Å². The second-order valence-electron chi connectivity index (χ2n) is 3.84. The van der Waals surface area contributed by atoms with Crippen LogP contribution in [0.4, 0.5) is 4.39 Å². The van der Waals surface area contributed by atoms with E-state index in [2.05, 4.69) is 9.97 Å². The number of fused-ring (bicyclic) bond motifs is 1. The summed E-state index contributed by atoms with van der Waals surface area (Å²) in [6, 6.07) is 11.8. The van der Waals surface area contributed by atoms with Crippen molar-refractivity contribution in [2.24, 2.45) is 0 Å². The average molecular weight is 259 g/mol. The van der Waals surface area contributed by atoms with Gasteiger partial charge in [-0.05, 0) is 30.3 Å². The van der Waals surface area contributed by atoms with Crippen molar-refractivity contribution < 1.29 is 4.39 Å². The normalized spacial score (nSPS) is 10.8. The second kappa shape index (κ2) is 4.35. The molecule has 0 saturated carbocycles. The minimum atomic E-state index is -0.300. The van der Waals surface area contributed by atoms with Crippen LogP contribution in [-0.2, 0) is 0 Å². The van der Waals surface area contributed by atoms with Crippen molar-refractivity contribution >= 4 is 22.6 Å². The summed E-state index contributed by atoms with van der Waals surface area (Å²) in [5.41, 5.74) is 1.53. The summed E-state index contributed by atoms with van der Waals surface area (Å²) in [7, 11) is 0. The van der Waals surface area contributed by atoms with Crippen molar-refractivity contribution in [3.8, 4) is 11.3 Å². The van der Waals surface area contributed by atoms with Gasteiger partial charge in [0.25, 0.3) is 0 Å². The minimum absolute atomic E-state index is 0.300. The van der Waals surface area contributed by atoms with E-state index in [0.29, 0.717) is 21.9 Å². The Bertz CT molecular complexity index is 728. The predicted molar refractivity (Wildman–Crippen MR) is 69.9 cm³/mol. The lowest BCUT2D eigenvalue weighted by Gasteiger charge is -2.04. The largest absolute Gasteiger partial charge is 0.237 e. The molecule has 0 aliphatic carbocycles. The molecular formula is C14H8ClFN2. The van der Waals surface area contributed by atoms with Crippen LogP contribution in [0.1, 0.15) is 0 Å². The molecule has 3 rings (SSSR count). The van der Waals surface area contributed by atoms with Gasteiger partial charge in [-0.15, -0.1) is 0 Å². The molecule has 0 N–H and O–H groups in total. The molecule has 0 fully saturated rings. The SMILES string of the molecule is Fc1ccccc1-c1ccc2c(Cl)ccnc2n1. The summed E-state index contributed by atoms with van der Waals surface area (Å²) >= 11 is 6.03. The van der Waals surface area contributed by atoms with Crippen LogP contribution in [0.15, 0.2) is 48.7 Å². The zero-order chi connectivity index (χ0) is 12.5. The first-order valence-electron chi connectivity index (χ1n) is 5.42. The molecule has 0 radical (unpaired) electrons. The average Bonchev–Trinajstić information content (AvgIpc) is 2.39. The fourth-order valence-corrected chi connectivity index (χ4v) is 2.02. The molecule has 0 unspecified atom stereocenters. The summed E-state index contributed by atoms with van der Waals surface area (Å²) in [6.45, 7) is 0. The molecular weight excluding hydrogens is 251 g/mol. The van der Waals surface area contributed by atoms with Crippen LogP contribution in [0.3, 0.4) is 0 Å². The molecule has 0 amide bonds. The van der Waals surface area contributed by atoms with E-state index in [4.69, 9.17) is 11.6 Å². The van der Waals surface area contributed by atoms with Gasteiger partial charge in [0, 0.05) is 17.1 Å². The molecule has 2 aromatic heterocycles. The first-order valence-corrected chi connectivity index (χ1v) is 5.79. The number of rotatable bonds is 1. The predicted octanol–water partition coefficient (Wildman–Crippen LogP) is 4.09. The Morgan fingerprint density at radius 1 is 1.00 bits per heavy atom. The van der Waals surface area contributed by atoms with E-state index >= 15 is 0 Å². The van der Waals surface area contributed by atoms with Gasteiger partial charge in [-0.3, -0.25) is 0 Å². The van der Waals surface area contributed by atoms with Crippen molar-refractivity contribution in [3.05, 3.63) is 59.5 Å². The fourth-order valence-electron chi connectivity index (χ4n) is 1.82. The summed E-state index contributed by atoms with van der Waals surface area (Å²) in [4.78, 5) is 8.47. The van der Waals surface area contributed by atoms with E-state index in [1.54, 1.807) is 42.6 Å². The van der Waals surface area contributed by atoms with Crippen LogP contribution in [0.2, 0.25) is 5.02 Å². The number of benzene rings is 1. The smallest absolute Gasteiger partial charge is 0.161 e. The Balaban J connectivity index is 2.23. The highest BCUT2D eigenvalue weighted by molar-refractivity contribution is 6.35. The number of hydrogen-bond donors (Lipinski definition) is 0. The van der Waals surface area contributed by atoms with Crippen LogP contribution < -0.4 is 0 Å². The van der Waals surface area contributed by atoms with Gasteiger partial charge in [0.2, 0.25) is 0 Å². The molecule has 4 heteroatoms. The fraction of sp³-hybridized carbons (Fsp3) is 0. The van der Waals surface area contributed by atoms with Crippen LogP contribution in [0.5, 0.6) is 0 Å². The van der Waals surface area contributed by atoms with Crippen molar-refractivity contribution in [3.63, 3.8) is 0 Å². The summed E-state index contributed by atoms with van der Waals surface area (Å²) in [5, 5.41) is 1.35. The third-order valence-electron chi connectivity index (χ3n) is 2.70. The number of halogens is 2. The third-order valence-corrected chi connectivity index (χ3v) is 3.03. The number of aromatic nitrogens is 2. The first kappa shape index (κ1) is 11.1. The van der Waals surface area contributed by atoms with Gasteiger partial charge in [0.15, 0.2) is 5.65 Å². The molecule has 0 aliphatic heterocycles. The number of nitrogens with zero attached hydrogens (tertiary/aromatic N) is 2. The Labute approximate surface area is 108 Å². The van der Waals surface area contributed by atoms with Gasteiger partial charge >= 0.3 is 0 Å². The lowest BCUT2D eigenvalue weighted by molar-refractivity contribution is 0.631. The van der Waals surface area contributed by atoms with Crippen LogP contribution in [0.25, 0.3) is 22.3 Å². The van der Waals surface area contributed by atoms with Crippen LogP contribution in [-0.4, -0.2) is 9.97 Å². The summed E-state index contributed by atoms with van der Waals surface area (Å²) in [6.07, 6.45) is 1.59. The molecule has 1 aromatic carbocycles. The maximum atomic E-state index is 13.7. The highest BCUT2D eigenvalue weighted by Crippen LogP contribution is 2.25. The van der Waals surface area contributed by atoms with Gasteiger partial charge in [-0.25, -0.2) is 14.4 Å². The molecule has 2 heterocycles. The van der Waals surface area contributed by atoms with E-state index < -0.39 is 0 Å². The van der Waals surface area contributed by atoms with E-state index in [1.165, 1.54) is 6.07 Å². The van der Waals surface area contributed by atoms with Crippen molar-refractivity contribution in [2.45, 2.75) is 0 Å². The number of pyridine rings is 2. The molecule has 0 aliphatic rings. The molecule has 0 bridgehead atoms. The molecule has 88 valence electrons. The lowest BCUT2D eigenvalue weighted by Crippen LogP contribution is -1.90. The van der Waals surface area contributed by atoms with Gasteiger partial charge in [0.05, 0.1) is 10.7 Å². The van der Waals surface area contributed by atoms with Crippen molar-refractivity contribution in [1.29, 1.82) is 0 Å². The second-order valence-corrected chi connectivity index (χ2v) is 4.25. The Kier molecular flexibility index (Phi) is 2.68. The Hall–Kier alpha value is -2.00. The third kappa shape index (κ3) is 1.83. The topological polar surface area (TPSA) is 25.8 Å². The molecule has 0 saturated heterocycles. The highest BCUT2D eigenvalue weighted by Gasteiger charge is 2.08. The van der Waals surface area contributed by atoms with Crippen LogP contribution >= 0.6 is 11.6 Å². The van der Waals surface area contributed by atoms with E-state index in [9.17, 15) is 4.39 Å². The van der Waals surface area contributed by atoms with Gasteiger partial charge < -0.3 is 0 Å². The first-order chi connectivity index (χ1) is 8.75. The molecule has 0 atom stereocenters. The number of hydrogen-bond acceptors (Lipinski definition) is 2. The zero-order valence-electron chi connectivity index (χ0n) is 9.27. The lowest BCUT2D eigenvalue weighted by atomic mass is 10.1. The van der Waals surface area contributed by atoms with Gasteiger partial charge in [0.1, 0.15) is 5.82 Å². The molecule has 0 spiro atoms. The maximum absolute atomic E-state index is 13.7. The van der Waals surface area contributed by atoms with E-state index in [-0.39, 0.29) is 5.82 Å². The Morgan fingerprint density at radius 2 is 1.83 bits per heavy atom. The minimum Gasteiger partial charge on any atom is -0.237 e. The monoisotopic (exact) mass is 258 g/mol. The molecule has 2 nitrogen and oxygen atoms in total. The van der Waals surface area contributed by atoms with Gasteiger partial charge in [-0.1, -0.05) is 23.7 Å². The van der Waals surface area contributed by atoms with Crippen molar-refractivity contribution in [2.75, 3.05) is 0 Å². The zero-order valence-corrected chi connectivity index (χ0v) is 10.0. The quantitative estimate of drug-likeness (QED) is 0.657. The van der Waals surface area contributed by atoms with Crippen molar-refractivity contribution in [1.82, 2.24) is 9.97 Å². The summed E-state index contributed by atoms with van der Waals surface area (Å²) in [5.74, 6) is -0.300. The molecule has 18 heavy (non-hydrogen) atoms. The van der Waals surface area contributed by atoms with E-state index in [0.717, 1.165) is 5.39 Å². The summed E-state index contributed by atoms with van der Waals surface area (Å²) < 4.78 is 13.7. The highest BCUT2D eigenvalue weighted by atomic mass is 35.5. The van der Waals surface area contributed by atoms with Crippen LogP contribution in [0, 0.1) is 5.82 Å². The standard InChI is InChI=1S/C14H8ClFN2/c15-11-7-8-17-14-9(11)5-6-13(18-14)10-3-1-2-4-12(10)16/h1-8H.